The summed E-state index contributed by atoms with van der Waals surface area (Å²) in [5.41, 5.74) is -0.204. The van der Waals surface area contributed by atoms with Gasteiger partial charge >= 0.3 is 0 Å². The molecular formula is C6H2ClF2I2N. The van der Waals surface area contributed by atoms with Crippen LogP contribution in [-0.2, 0) is 0 Å². The average Bonchev–Trinajstić information content (AvgIpc) is 1.96. The second kappa shape index (κ2) is 4.32. The molecule has 0 bridgehead atoms. The number of nitrogens with zero attached hydrogens (tertiary/aromatic N) is 1. The summed E-state index contributed by atoms with van der Waals surface area (Å²) in [4.78, 5) is 3.67. The number of hydrogen-bond donors (Lipinski definition) is 0. The lowest BCUT2D eigenvalue weighted by Gasteiger charge is -2.03. The Morgan fingerprint density at radius 2 is 2.00 bits per heavy atom. The molecule has 1 aromatic rings. The molecule has 6 heteroatoms. The topological polar surface area (TPSA) is 12.9 Å². The van der Waals surface area contributed by atoms with E-state index in [0.29, 0.717) is 12.3 Å². The van der Waals surface area contributed by atoms with Crippen molar-refractivity contribution in [1.82, 2.24) is 4.98 Å². The van der Waals surface area contributed by atoms with E-state index in [1.807, 2.05) is 22.6 Å². The third-order valence-corrected chi connectivity index (χ3v) is 3.41. The van der Waals surface area contributed by atoms with Gasteiger partial charge in [-0.1, -0.05) is 11.6 Å². The first-order valence-corrected chi connectivity index (χ1v) is 5.35. The summed E-state index contributed by atoms with van der Waals surface area (Å²) < 4.78 is 25.3. The van der Waals surface area contributed by atoms with Gasteiger partial charge in [0.1, 0.15) is 9.39 Å². The Bertz CT molecular complexity index is 306. The van der Waals surface area contributed by atoms with Crippen LogP contribution in [0, 0.1) is 7.27 Å². The van der Waals surface area contributed by atoms with Gasteiger partial charge in [0, 0.05) is 3.57 Å². The number of hydrogen-bond acceptors (Lipinski definition) is 1. The molecule has 0 radical (unpaired) electrons. The first kappa shape index (κ1) is 10.8. The molecule has 0 unspecified atom stereocenters. The molecular weight excluding hydrogens is 413 g/mol. The zero-order valence-corrected chi connectivity index (χ0v) is 10.6. The highest BCUT2D eigenvalue weighted by atomic mass is 127. The lowest BCUT2D eigenvalue weighted by molar-refractivity contribution is 0.145. The maximum atomic E-state index is 12.2. The monoisotopic (exact) mass is 415 g/mol. The number of halogens is 5. The molecule has 0 N–H and O–H groups in total. The molecule has 0 aliphatic rings. The summed E-state index contributed by atoms with van der Waals surface area (Å²) >= 11 is 9.28. The van der Waals surface area contributed by atoms with E-state index < -0.39 is 6.43 Å². The van der Waals surface area contributed by atoms with E-state index in [-0.39, 0.29) is 5.69 Å². The molecule has 0 aliphatic carbocycles. The Morgan fingerprint density at radius 3 is 2.50 bits per heavy atom. The quantitative estimate of drug-likeness (QED) is 0.501. The fourth-order valence-corrected chi connectivity index (χ4v) is 2.03. The van der Waals surface area contributed by atoms with Crippen LogP contribution in [0.15, 0.2) is 6.07 Å². The van der Waals surface area contributed by atoms with E-state index in [4.69, 9.17) is 11.6 Å². The third kappa shape index (κ3) is 2.38. The highest BCUT2D eigenvalue weighted by Crippen LogP contribution is 2.27. The van der Waals surface area contributed by atoms with Gasteiger partial charge in [-0.15, -0.1) is 0 Å². The Hall–Kier alpha value is 0.760. The Balaban J connectivity index is 3.23. The molecule has 1 rings (SSSR count). The van der Waals surface area contributed by atoms with Crippen molar-refractivity contribution < 1.29 is 8.78 Å². The van der Waals surface area contributed by atoms with Crippen molar-refractivity contribution in [3.05, 3.63) is 24.1 Å². The van der Waals surface area contributed by atoms with Crippen molar-refractivity contribution in [1.29, 1.82) is 0 Å². The first-order chi connectivity index (χ1) is 5.52. The van der Waals surface area contributed by atoms with Crippen molar-refractivity contribution in [3.63, 3.8) is 0 Å². The van der Waals surface area contributed by atoms with Crippen molar-refractivity contribution in [2.24, 2.45) is 0 Å². The average molecular weight is 415 g/mol. The minimum Gasteiger partial charge on any atom is -0.238 e. The van der Waals surface area contributed by atoms with Gasteiger partial charge in [-0.3, -0.25) is 0 Å². The van der Waals surface area contributed by atoms with Crippen LogP contribution in [0.1, 0.15) is 12.1 Å². The number of alkyl halides is 2. The van der Waals surface area contributed by atoms with Crippen LogP contribution in [-0.4, -0.2) is 4.98 Å². The van der Waals surface area contributed by atoms with Crippen molar-refractivity contribution in [2.75, 3.05) is 0 Å². The summed E-state index contributed by atoms with van der Waals surface area (Å²) in [6.45, 7) is 0. The summed E-state index contributed by atoms with van der Waals surface area (Å²) in [7, 11) is 0. The molecule has 12 heavy (non-hydrogen) atoms. The Labute approximate surface area is 100 Å². The largest absolute Gasteiger partial charge is 0.281 e. The first-order valence-electron chi connectivity index (χ1n) is 2.82. The minimum absolute atomic E-state index is 0.204. The SMILES string of the molecule is FC(F)c1nc(I)c(Cl)cc1I. The van der Waals surface area contributed by atoms with Crippen LogP contribution in [0.3, 0.4) is 0 Å². The van der Waals surface area contributed by atoms with Crippen LogP contribution in [0.25, 0.3) is 0 Å². The van der Waals surface area contributed by atoms with Gasteiger partial charge in [0.05, 0.1) is 5.02 Å². The number of pyridine rings is 1. The predicted octanol–water partition coefficient (Wildman–Crippen LogP) is 3.88. The predicted molar refractivity (Wildman–Crippen MR) is 59.6 cm³/mol. The number of rotatable bonds is 1. The molecule has 0 atom stereocenters. The summed E-state index contributed by atoms with van der Waals surface area (Å²) in [6, 6.07) is 1.48. The highest BCUT2D eigenvalue weighted by Gasteiger charge is 2.15. The standard InChI is InChI=1S/C6H2ClF2I2N/c7-2-1-3(10)4(5(8)9)12-6(2)11/h1,5H. The van der Waals surface area contributed by atoms with Crippen LogP contribution in [0.4, 0.5) is 8.78 Å². The van der Waals surface area contributed by atoms with Gasteiger partial charge in [-0.2, -0.15) is 0 Å². The van der Waals surface area contributed by atoms with E-state index in [9.17, 15) is 8.78 Å². The van der Waals surface area contributed by atoms with Gasteiger partial charge in [0.2, 0.25) is 0 Å². The normalized spacial score (nSPS) is 10.8. The summed E-state index contributed by atoms with van der Waals surface area (Å²) in [6.07, 6.45) is -2.54. The van der Waals surface area contributed by atoms with Crippen molar-refractivity contribution in [3.8, 4) is 0 Å². The minimum atomic E-state index is -2.54. The summed E-state index contributed by atoms with van der Waals surface area (Å²) in [5.74, 6) is 0. The molecule has 0 aliphatic heterocycles. The Kier molecular flexibility index (Phi) is 3.90. The van der Waals surface area contributed by atoms with E-state index in [2.05, 4.69) is 4.98 Å². The maximum Gasteiger partial charge on any atom is 0.281 e. The second-order valence-electron chi connectivity index (χ2n) is 1.93. The van der Waals surface area contributed by atoms with Crippen LogP contribution < -0.4 is 0 Å². The third-order valence-electron chi connectivity index (χ3n) is 1.12. The lowest BCUT2D eigenvalue weighted by Crippen LogP contribution is -1.97. The smallest absolute Gasteiger partial charge is 0.238 e. The lowest BCUT2D eigenvalue weighted by atomic mass is 10.4. The highest BCUT2D eigenvalue weighted by molar-refractivity contribution is 14.1. The molecule has 1 nitrogen and oxygen atoms in total. The zero-order chi connectivity index (χ0) is 9.30. The van der Waals surface area contributed by atoms with E-state index >= 15 is 0 Å². The maximum absolute atomic E-state index is 12.2. The molecule has 1 heterocycles. The molecule has 66 valence electrons. The van der Waals surface area contributed by atoms with Gasteiger partial charge in [-0.05, 0) is 51.2 Å². The molecule has 1 aromatic heterocycles. The molecule has 0 saturated heterocycles. The van der Waals surface area contributed by atoms with E-state index in [0.717, 1.165) is 0 Å². The van der Waals surface area contributed by atoms with Gasteiger partial charge < -0.3 is 0 Å². The fraction of sp³-hybridized carbons (Fsp3) is 0.167. The molecule has 0 amide bonds. The van der Waals surface area contributed by atoms with Crippen LogP contribution in [0.2, 0.25) is 5.02 Å². The van der Waals surface area contributed by atoms with Gasteiger partial charge in [-0.25, -0.2) is 13.8 Å². The molecule has 0 fully saturated rings. The number of aromatic nitrogens is 1. The molecule has 0 saturated carbocycles. The second-order valence-corrected chi connectivity index (χ2v) is 4.52. The molecule has 0 aromatic carbocycles. The van der Waals surface area contributed by atoms with Crippen LogP contribution in [0.5, 0.6) is 0 Å². The fourth-order valence-electron chi connectivity index (χ4n) is 0.610. The van der Waals surface area contributed by atoms with E-state index in [1.165, 1.54) is 6.07 Å². The van der Waals surface area contributed by atoms with Crippen LogP contribution >= 0.6 is 56.8 Å². The summed E-state index contributed by atoms with van der Waals surface area (Å²) in [5, 5.41) is 0.407. The van der Waals surface area contributed by atoms with Crippen molar-refractivity contribution in [2.45, 2.75) is 6.43 Å². The molecule has 0 spiro atoms. The zero-order valence-electron chi connectivity index (χ0n) is 5.49. The van der Waals surface area contributed by atoms with Crippen molar-refractivity contribution >= 4 is 56.8 Å². The van der Waals surface area contributed by atoms with Gasteiger partial charge in [0.25, 0.3) is 6.43 Å². The van der Waals surface area contributed by atoms with Gasteiger partial charge in [0.15, 0.2) is 0 Å². The Morgan fingerprint density at radius 1 is 1.42 bits per heavy atom. The van der Waals surface area contributed by atoms with E-state index in [1.54, 1.807) is 22.6 Å².